The molecule has 0 saturated heterocycles. The highest BCUT2D eigenvalue weighted by Gasteiger charge is 2.05. The van der Waals surface area contributed by atoms with E-state index in [0.29, 0.717) is 16.3 Å². The van der Waals surface area contributed by atoms with Crippen molar-refractivity contribution in [3.63, 3.8) is 0 Å². The number of nitrogens with zero attached hydrogens (tertiary/aromatic N) is 2. The van der Waals surface area contributed by atoms with Crippen LogP contribution in [0.4, 0.5) is 5.69 Å². The summed E-state index contributed by atoms with van der Waals surface area (Å²) < 4.78 is 1.45. The van der Waals surface area contributed by atoms with E-state index in [4.69, 9.17) is 5.26 Å². The first-order chi connectivity index (χ1) is 12.5. The molecule has 0 radical (unpaired) electrons. The van der Waals surface area contributed by atoms with Gasteiger partial charge >= 0.3 is 0 Å². The summed E-state index contributed by atoms with van der Waals surface area (Å²) in [6.45, 7) is 4.05. The Morgan fingerprint density at radius 1 is 1.15 bits per heavy atom. The molecule has 0 atom stereocenters. The molecule has 134 valence electrons. The van der Waals surface area contributed by atoms with Crippen LogP contribution in [0.2, 0.25) is 0 Å². The molecule has 0 aliphatic heterocycles. The van der Waals surface area contributed by atoms with Crippen LogP contribution in [0.1, 0.15) is 11.1 Å². The second-order valence-corrected chi connectivity index (χ2v) is 6.21. The minimum absolute atomic E-state index is 0.0997. The van der Waals surface area contributed by atoms with Gasteiger partial charge in [-0.25, -0.2) is 9.57 Å². The van der Waals surface area contributed by atoms with Crippen molar-refractivity contribution < 1.29 is 10.1 Å². The molecule has 0 aliphatic rings. The Balaban J connectivity index is 2.00. The minimum atomic E-state index is -0.169. The number of hydrogen-bond donors (Lipinski definition) is 2. The summed E-state index contributed by atoms with van der Waals surface area (Å²) in [7, 11) is 3.96. The van der Waals surface area contributed by atoms with Crippen LogP contribution in [0, 0.1) is 0 Å². The molecule has 2 aromatic carbocycles. The summed E-state index contributed by atoms with van der Waals surface area (Å²) >= 11 is 0. The molecule has 1 heterocycles. The van der Waals surface area contributed by atoms with Crippen LogP contribution in [-0.2, 0) is 11.5 Å². The molecular formula is C20H21N3O3. The molecule has 26 heavy (non-hydrogen) atoms. The maximum Gasteiger partial charge on any atom is 0.279 e. The van der Waals surface area contributed by atoms with E-state index in [0.717, 1.165) is 16.8 Å². The van der Waals surface area contributed by atoms with E-state index in [9.17, 15) is 4.79 Å². The third kappa shape index (κ3) is 3.61. The van der Waals surface area contributed by atoms with Gasteiger partial charge in [-0.2, -0.15) is 0 Å². The van der Waals surface area contributed by atoms with Crippen LogP contribution in [0.3, 0.4) is 0 Å². The van der Waals surface area contributed by atoms with Crippen molar-refractivity contribution in [1.82, 2.24) is 9.78 Å². The van der Waals surface area contributed by atoms with Gasteiger partial charge in [0.05, 0.1) is 16.3 Å². The largest absolute Gasteiger partial charge is 0.378 e. The van der Waals surface area contributed by atoms with E-state index < -0.39 is 0 Å². The standard InChI is InChI=1S/C20H21N3O3/c1-14-19(12-15-4-8-17(9-5-15)22(2)3)20(24)23(21-14)18-10-6-16(7-11-18)13-26-25/h4-12,21,25H,1,13H2,2-3H3. The molecule has 2 N–H and O–H groups in total. The molecule has 6 nitrogen and oxygen atoms in total. The number of hydrogen-bond acceptors (Lipinski definition) is 4. The van der Waals surface area contributed by atoms with Gasteiger partial charge in [-0.3, -0.25) is 15.2 Å². The van der Waals surface area contributed by atoms with Crippen molar-refractivity contribution in [3.05, 3.63) is 80.6 Å². The number of rotatable bonds is 5. The summed E-state index contributed by atoms with van der Waals surface area (Å²) in [6.07, 6.45) is 1.82. The fraction of sp³-hybridized carbons (Fsp3) is 0.150. The monoisotopic (exact) mass is 351 g/mol. The molecule has 3 rings (SSSR count). The van der Waals surface area contributed by atoms with Crippen LogP contribution in [0.25, 0.3) is 18.3 Å². The van der Waals surface area contributed by atoms with Gasteiger partial charge in [0.1, 0.15) is 6.61 Å². The van der Waals surface area contributed by atoms with Gasteiger partial charge < -0.3 is 4.90 Å². The van der Waals surface area contributed by atoms with E-state index in [1.807, 2.05) is 49.3 Å². The highest BCUT2D eigenvalue weighted by Crippen LogP contribution is 2.12. The third-order valence-corrected chi connectivity index (χ3v) is 4.15. The van der Waals surface area contributed by atoms with Crippen LogP contribution in [-0.4, -0.2) is 29.1 Å². The molecule has 0 amide bonds. The first kappa shape index (κ1) is 17.7. The lowest BCUT2D eigenvalue weighted by Gasteiger charge is -2.11. The van der Waals surface area contributed by atoms with Crippen molar-refractivity contribution in [1.29, 1.82) is 0 Å². The number of aromatic amines is 1. The van der Waals surface area contributed by atoms with Gasteiger partial charge in [-0.05, 0) is 41.5 Å². The zero-order chi connectivity index (χ0) is 18.7. The first-order valence-electron chi connectivity index (χ1n) is 8.14. The van der Waals surface area contributed by atoms with E-state index in [1.54, 1.807) is 24.3 Å². The number of benzene rings is 2. The smallest absolute Gasteiger partial charge is 0.279 e. The highest BCUT2D eigenvalue weighted by atomic mass is 17.1. The average molecular weight is 351 g/mol. The molecular weight excluding hydrogens is 330 g/mol. The third-order valence-electron chi connectivity index (χ3n) is 4.15. The Morgan fingerprint density at radius 3 is 2.38 bits per heavy atom. The van der Waals surface area contributed by atoms with Crippen molar-refractivity contribution in [2.45, 2.75) is 6.61 Å². The number of nitrogens with one attached hydrogen (secondary N) is 1. The Labute approximate surface area is 150 Å². The lowest BCUT2D eigenvalue weighted by molar-refractivity contribution is -0.253. The van der Waals surface area contributed by atoms with Crippen LogP contribution in [0.15, 0.2) is 53.3 Å². The molecule has 0 unspecified atom stereocenters. The zero-order valence-corrected chi connectivity index (χ0v) is 14.8. The van der Waals surface area contributed by atoms with Crippen LogP contribution >= 0.6 is 0 Å². The van der Waals surface area contributed by atoms with Gasteiger partial charge in [0, 0.05) is 19.8 Å². The predicted octanol–water partition coefficient (Wildman–Crippen LogP) is 1.46. The topological polar surface area (TPSA) is 70.5 Å². The minimum Gasteiger partial charge on any atom is -0.378 e. The summed E-state index contributed by atoms with van der Waals surface area (Å²) in [6, 6.07) is 15.1. The Morgan fingerprint density at radius 2 is 1.81 bits per heavy atom. The fourth-order valence-corrected chi connectivity index (χ4v) is 2.68. The van der Waals surface area contributed by atoms with E-state index in [-0.39, 0.29) is 12.2 Å². The zero-order valence-electron chi connectivity index (χ0n) is 14.8. The molecule has 1 aromatic heterocycles. The molecule has 0 spiro atoms. The van der Waals surface area contributed by atoms with Crippen LogP contribution < -0.4 is 21.0 Å². The van der Waals surface area contributed by atoms with E-state index in [1.165, 1.54) is 4.68 Å². The lowest BCUT2D eigenvalue weighted by Crippen LogP contribution is -2.33. The summed E-state index contributed by atoms with van der Waals surface area (Å²) in [4.78, 5) is 18.9. The van der Waals surface area contributed by atoms with Crippen molar-refractivity contribution in [3.8, 4) is 5.69 Å². The van der Waals surface area contributed by atoms with Gasteiger partial charge in [-0.1, -0.05) is 30.8 Å². The van der Waals surface area contributed by atoms with E-state index >= 15 is 0 Å². The maximum atomic E-state index is 12.8. The number of H-pyrrole nitrogens is 1. The fourth-order valence-electron chi connectivity index (χ4n) is 2.68. The lowest BCUT2D eigenvalue weighted by atomic mass is 10.1. The molecule has 0 aliphatic carbocycles. The summed E-state index contributed by atoms with van der Waals surface area (Å²) in [5.74, 6) is 0. The van der Waals surface area contributed by atoms with Gasteiger partial charge in [0.2, 0.25) is 0 Å². The Bertz CT molecular complexity index is 1050. The second-order valence-electron chi connectivity index (χ2n) is 6.21. The quantitative estimate of drug-likeness (QED) is 0.539. The number of aromatic nitrogens is 2. The first-order valence-corrected chi connectivity index (χ1v) is 8.14. The van der Waals surface area contributed by atoms with Crippen molar-refractivity contribution >= 4 is 18.3 Å². The maximum absolute atomic E-state index is 12.8. The Kier molecular flexibility index (Phi) is 5.06. The van der Waals surface area contributed by atoms with Gasteiger partial charge in [-0.15, -0.1) is 0 Å². The number of anilines is 1. The molecule has 0 fully saturated rings. The van der Waals surface area contributed by atoms with Gasteiger partial charge in [0.25, 0.3) is 5.56 Å². The molecule has 0 bridgehead atoms. The second kappa shape index (κ2) is 7.43. The van der Waals surface area contributed by atoms with Crippen LogP contribution in [0.5, 0.6) is 0 Å². The van der Waals surface area contributed by atoms with Gasteiger partial charge in [0.15, 0.2) is 0 Å². The van der Waals surface area contributed by atoms with Crippen molar-refractivity contribution in [2.24, 2.45) is 0 Å². The molecule has 3 aromatic rings. The van der Waals surface area contributed by atoms with Crippen molar-refractivity contribution in [2.75, 3.05) is 19.0 Å². The SMILES string of the molecule is C=c1[nH]n(-c2ccc(COO)cc2)c(=O)c1=Cc1ccc(N(C)C)cc1. The van der Waals surface area contributed by atoms with E-state index in [2.05, 4.69) is 16.6 Å². The summed E-state index contributed by atoms with van der Waals surface area (Å²) in [5.41, 5.74) is 3.34. The highest BCUT2D eigenvalue weighted by molar-refractivity contribution is 5.55. The average Bonchev–Trinajstić information content (AvgIpc) is 2.91. The molecule has 6 heteroatoms. The summed E-state index contributed by atoms with van der Waals surface area (Å²) in [5, 5.41) is 12.6. The predicted molar refractivity (Wildman–Crippen MR) is 103 cm³/mol. The molecule has 0 saturated carbocycles. The normalized spacial score (nSPS) is 11.7. The Hall–Kier alpha value is -3.09.